The van der Waals surface area contributed by atoms with Gasteiger partial charge in [-0.05, 0) is 25.8 Å². The third-order valence-electron chi connectivity index (χ3n) is 3.13. The van der Waals surface area contributed by atoms with Gasteiger partial charge in [0, 0.05) is 17.6 Å². The summed E-state index contributed by atoms with van der Waals surface area (Å²) in [6, 6.07) is 9.39. The molecule has 1 N–H and O–H groups in total. The summed E-state index contributed by atoms with van der Waals surface area (Å²) in [7, 11) is 1.74. The van der Waals surface area contributed by atoms with Crippen LogP contribution in [0.2, 0.25) is 0 Å². The van der Waals surface area contributed by atoms with Crippen molar-refractivity contribution in [3.63, 3.8) is 0 Å². The van der Waals surface area contributed by atoms with Crippen LogP contribution in [0.5, 0.6) is 5.75 Å². The molecule has 0 amide bonds. The molecule has 0 radical (unpaired) electrons. The van der Waals surface area contributed by atoms with E-state index in [1.807, 2.05) is 12.1 Å². The fourth-order valence-corrected chi connectivity index (χ4v) is 2.34. The molecule has 0 spiro atoms. The van der Waals surface area contributed by atoms with Crippen LogP contribution in [0.15, 0.2) is 24.3 Å². The second-order valence-corrected chi connectivity index (χ2v) is 4.29. The summed E-state index contributed by atoms with van der Waals surface area (Å²) in [6.07, 6.45) is 3.80. The van der Waals surface area contributed by atoms with Crippen molar-refractivity contribution in [3.05, 3.63) is 29.8 Å². The van der Waals surface area contributed by atoms with Gasteiger partial charge in [0.15, 0.2) is 0 Å². The number of hydrogen-bond acceptors (Lipinski definition) is 2. The summed E-state index contributed by atoms with van der Waals surface area (Å²) in [5, 5.41) is 3.63. The molecule has 82 valence electrons. The zero-order valence-electron chi connectivity index (χ0n) is 9.49. The molecule has 2 atom stereocenters. The van der Waals surface area contributed by atoms with Gasteiger partial charge in [-0.25, -0.2) is 0 Å². The Balaban J connectivity index is 2.20. The van der Waals surface area contributed by atoms with Crippen molar-refractivity contribution >= 4 is 0 Å². The van der Waals surface area contributed by atoms with Gasteiger partial charge in [0.2, 0.25) is 0 Å². The van der Waals surface area contributed by atoms with Gasteiger partial charge in [-0.2, -0.15) is 0 Å². The topological polar surface area (TPSA) is 21.3 Å². The minimum Gasteiger partial charge on any atom is -0.496 e. The molecule has 2 nitrogen and oxygen atoms in total. The van der Waals surface area contributed by atoms with E-state index in [-0.39, 0.29) is 0 Å². The number of methoxy groups -OCH3 is 1. The Labute approximate surface area is 91.6 Å². The fourth-order valence-electron chi connectivity index (χ4n) is 2.34. The highest BCUT2D eigenvalue weighted by molar-refractivity contribution is 5.36. The molecule has 0 unspecified atom stereocenters. The zero-order valence-corrected chi connectivity index (χ0v) is 9.49. The van der Waals surface area contributed by atoms with Crippen LogP contribution in [0, 0.1) is 0 Å². The van der Waals surface area contributed by atoms with Gasteiger partial charge < -0.3 is 10.1 Å². The molecule has 2 rings (SSSR count). The van der Waals surface area contributed by atoms with Gasteiger partial charge in [0.25, 0.3) is 0 Å². The van der Waals surface area contributed by atoms with Crippen LogP contribution >= 0.6 is 0 Å². The zero-order chi connectivity index (χ0) is 10.7. The average Bonchev–Trinajstić information content (AvgIpc) is 2.29. The predicted octanol–water partition coefficient (Wildman–Crippen LogP) is 2.90. The molecule has 1 aromatic rings. The maximum atomic E-state index is 5.39. The first-order chi connectivity index (χ1) is 7.31. The second-order valence-electron chi connectivity index (χ2n) is 4.29. The van der Waals surface area contributed by atoms with Crippen molar-refractivity contribution in [2.45, 2.75) is 38.3 Å². The van der Waals surface area contributed by atoms with Crippen molar-refractivity contribution in [2.75, 3.05) is 7.11 Å². The number of rotatable bonds is 2. The van der Waals surface area contributed by atoms with Crippen LogP contribution in [0.4, 0.5) is 0 Å². The maximum Gasteiger partial charge on any atom is 0.123 e. The number of ether oxygens (including phenoxy) is 1. The Morgan fingerprint density at radius 1 is 1.27 bits per heavy atom. The summed E-state index contributed by atoms with van der Waals surface area (Å²) in [4.78, 5) is 0. The Hall–Kier alpha value is -1.02. The van der Waals surface area contributed by atoms with E-state index in [4.69, 9.17) is 4.74 Å². The van der Waals surface area contributed by atoms with E-state index in [0.29, 0.717) is 12.1 Å². The number of para-hydroxylation sites is 1. The van der Waals surface area contributed by atoms with Gasteiger partial charge in [0.05, 0.1) is 7.11 Å². The van der Waals surface area contributed by atoms with Gasteiger partial charge in [0.1, 0.15) is 5.75 Å². The fraction of sp³-hybridized carbons (Fsp3) is 0.538. The molecule has 1 aliphatic heterocycles. The third kappa shape index (κ3) is 2.32. The van der Waals surface area contributed by atoms with Crippen molar-refractivity contribution in [1.29, 1.82) is 0 Å². The third-order valence-corrected chi connectivity index (χ3v) is 3.13. The van der Waals surface area contributed by atoms with Gasteiger partial charge >= 0.3 is 0 Å². The molecule has 0 saturated carbocycles. The van der Waals surface area contributed by atoms with Crippen molar-refractivity contribution in [2.24, 2.45) is 0 Å². The monoisotopic (exact) mass is 205 g/mol. The highest BCUT2D eigenvalue weighted by Gasteiger charge is 2.21. The molecule has 0 bridgehead atoms. The average molecular weight is 205 g/mol. The van der Waals surface area contributed by atoms with E-state index in [1.54, 1.807) is 7.11 Å². The molecule has 1 fully saturated rings. The molecule has 1 heterocycles. The molecule has 0 aromatic heterocycles. The van der Waals surface area contributed by atoms with E-state index in [1.165, 1.54) is 24.8 Å². The second kappa shape index (κ2) is 4.67. The number of hydrogen-bond donors (Lipinski definition) is 1. The summed E-state index contributed by atoms with van der Waals surface area (Å²) >= 11 is 0. The number of nitrogens with one attached hydrogen (secondary N) is 1. The minimum absolute atomic E-state index is 0.463. The van der Waals surface area contributed by atoms with Crippen molar-refractivity contribution in [1.82, 2.24) is 5.32 Å². The maximum absolute atomic E-state index is 5.39. The van der Waals surface area contributed by atoms with E-state index >= 15 is 0 Å². The number of benzene rings is 1. The first-order valence-corrected chi connectivity index (χ1v) is 5.70. The quantitative estimate of drug-likeness (QED) is 0.801. The summed E-state index contributed by atoms with van der Waals surface area (Å²) < 4.78 is 5.39. The van der Waals surface area contributed by atoms with E-state index in [2.05, 4.69) is 24.4 Å². The van der Waals surface area contributed by atoms with Gasteiger partial charge in [-0.3, -0.25) is 0 Å². The first-order valence-electron chi connectivity index (χ1n) is 5.70. The van der Waals surface area contributed by atoms with Crippen LogP contribution in [0.25, 0.3) is 0 Å². The Bertz CT molecular complexity index is 324. The molecular formula is C13H19NO. The Morgan fingerprint density at radius 2 is 2.07 bits per heavy atom. The lowest BCUT2D eigenvalue weighted by molar-refractivity contribution is 0.328. The molecular weight excluding hydrogens is 186 g/mol. The minimum atomic E-state index is 0.463. The molecule has 0 aliphatic carbocycles. The number of piperidine rings is 1. The smallest absolute Gasteiger partial charge is 0.123 e. The lowest BCUT2D eigenvalue weighted by Gasteiger charge is -2.29. The lowest BCUT2D eigenvalue weighted by atomic mass is 9.93. The largest absolute Gasteiger partial charge is 0.496 e. The molecule has 1 aliphatic rings. The SMILES string of the molecule is COc1ccccc1[C@H]1CCC[C@@H](C)N1. The predicted molar refractivity (Wildman–Crippen MR) is 62.2 cm³/mol. The van der Waals surface area contributed by atoms with Gasteiger partial charge in [-0.1, -0.05) is 24.6 Å². The molecule has 1 aromatic carbocycles. The van der Waals surface area contributed by atoms with Crippen molar-refractivity contribution in [3.8, 4) is 5.75 Å². The van der Waals surface area contributed by atoms with E-state index < -0.39 is 0 Å². The summed E-state index contributed by atoms with van der Waals surface area (Å²) in [5.74, 6) is 1.00. The summed E-state index contributed by atoms with van der Waals surface area (Å²) in [6.45, 7) is 2.25. The van der Waals surface area contributed by atoms with E-state index in [0.717, 1.165) is 5.75 Å². The Kier molecular flexibility index (Phi) is 3.27. The van der Waals surface area contributed by atoms with Crippen LogP contribution in [0.3, 0.4) is 0 Å². The van der Waals surface area contributed by atoms with Crippen molar-refractivity contribution < 1.29 is 4.74 Å². The first kappa shape index (κ1) is 10.5. The van der Waals surface area contributed by atoms with Crippen LogP contribution < -0.4 is 10.1 Å². The van der Waals surface area contributed by atoms with Crippen LogP contribution in [0.1, 0.15) is 37.8 Å². The highest BCUT2D eigenvalue weighted by atomic mass is 16.5. The van der Waals surface area contributed by atoms with Gasteiger partial charge in [-0.15, -0.1) is 0 Å². The molecule has 1 saturated heterocycles. The van der Waals surface area contributed by atoms with Crippen LogP contribution in [-0.2, 0) is 0 Å². The normalized spacial score (nSPS) is 26.3. The summed E-state index contributed by atoms with van der Waals surface area (Å²) in [5.41, 5.74) is 1.30. The molecule has 15 heavy (non-hydrogen) atoms. The molecule has 2 heteroatoms. The lowest BCUT2D eigenvalue weighted by Crippen LogP contribution is -2.34. The van der Waals surface area contributed by atoms with E-state index in [9.17, 15) is 0 Å². The standard InChI is InChI=1S/C13H19NO/c1-10-6-5-8-12(14-10)11-7-3-4-9-13(11)15-2/h3-4,7,9-10,12,14H,5-6,8H2,1-2H3/t10-,12-/m1/s1. The highest BCUT2D eigenvalue weighted by Crippen LogP contribution is 2.31. The Morgan fingerprint density at radius 3 is 2.80 bits per heavy atom. The van der Waals surface area contributed by atoms with Crippen LogP contribution in [-0.4, -0.2) is 13.2 Å².